The molecule has 2 rings (SSSR count). The van der Waals surface area contributed by atoms with Crippen molar-refractivity contribution in [3.63, 3.8) is 0 Å². The summed E-state index contributed by atoms with van der Waals surface area (Å²) in [5, 5.41) is 13.5. The Morgan fingerprint density at radius 1 is 1.40 bits per heavy atom. The maximum absolute atomic E-state index is 9.85. The summed E-state index contributed by atoms with van der Waals surface area (Å²) in [6, 6.07) is 0. The van der Waals surface area contributed by atoms with Crippen LogP contribution in [0.3, 0.4) is 0 Å². The van der Waals surface area contributed by atoms with Crippen LogP contribution in [0.25, 0.3) is 0 Å². The predicted molar refractivity (Wildman–Crippen MR) is 81.9 cm³/mol. The minimum atomic E-state index is -0.131. The largest absolute Gasteiger partial charge is 0.392 e. The maximum Gasteiger partial charge on any atom is 0.0667 e. The highest BCUT2D eigenvalue weighted by Gasteiger charge is 2.35. The number of rotatable bonds is 6. The summed E-state index contributed by atoms with van der Waals surface area (Å²) in [7, 11) is 0. The highest BCUT2D eigenvalue weighted by molar-refractivity contribution is 4.89. The zero-order valence-corrected chi connectivity index (χ0v) is 13.2. The topological polar surface area (TPSA) is 44.7 Å². The quantitative estimate of drug-likeness (QED) is 0.775. The fourth-order valence-corrected chi connectivity index (χ4v) is 3.51. The van der Waals surface area contributed by atoms with Gasteiger partial charge in [0, 0.05) is 31.7 Å². The van der Waals surface area contributed by atoms with Gasteiger partial charge in [-0.3, -0.25) is 0 Å². The molecular formula is C16H32N2O2. The fourth-order valence-electron chi connectivity index (χ4n) is 3.51. The van der Waals surface area contributed by atoms with Gasteiger partial charge in [-0.2, -0.15) is 0 Å². The van der Waals surface area contributed by atoms with Crippen LogP contribution in [0.5, 0.6) is 0 Å². The second-order valence-electron chi connectivity index (χ2n) is 7.21. The van der Waals surface area contributed by atoms with E-state index in [2.05, 4.69) is 24.1 Å². The van der Waals surface area contributed by atoms with Crippen molar-refractivity contribution >= 4 is 0 Å². The molecular weight excluding hydrogens is 252 g/mol. The minimum absolute atomic E-state index is 0.131. The lowest BCUT2D eigenvalue weighted by atomic mass is 9.81. The van der Waals surface area contributed by atoms with Crippen molar-refractivity contribution in [1.29, 1.82) is 0 Å². The average molecular weight is 284 g/mol. The van der Waals surface area contributed by atoms with E-state index in [4.69, 9.17) is 4.74 Å². The summed E-state index contributed by atoms with van der Waals surface area (Å²) in [6.45, 7) is 11.4. The first-order valence-electron chi connectivity index (χ1n) is 8.28. The number of β-amino-alcohol motifs (C(OH)–C–C–N with tert-alkyl or cyclic N) is 1. The lowest BCUT2D eigenvalue weighted by Gasteiger charge is -2.43. The molecule has 0 spiro atoms. The molecule has 0 aliphatic carbocycles. The van der Waals surface area contributed by atoms with Crippen molar-refractivity contribution in [3.05, 3.63) is 0 Å². The van der Waals surface area contributed by atoms with Gasteiger partial charge in [-0.15, -0.1) is 0 Å². The number of aliphatic hydroxyl groups is 1. The van der Waals surface area contributed by atoms with Gasteiger partial charge < -0.3 is 20.1 Å². The number of hydrogen-bond acceptors (Lipinski definition) is 4. The summed E-state index contributed by atoms with van der Waals surface area (Å²) in [5.74, 6) is 0.688. The van der Waals surface area contributed by atoms with Crippen molar-refractivity contribution in [3.8, 4) is 0 Å². The van der Waals surface area contributed by atoms with E-state index in [1.165, 1.54) is 12.8 Å². The molecule has 2 unspecified atom stereocenters. The van der Waals surface area contributed by atoms with Gasteiger partial charge in [-0.05, 0) is 44.7 Å². The molecule has 2 saturated heterocycles. The van der Waals surface area contributed by atoms with Gasteiger partial charge >= 0.3 is 0 Å². The normalized spacial score (nSPS) is 32.7. The standard InChI is InChI=1S/C16H32N2O2/c1-14(2)9-17-11-16(6-4-8-20-13-16)12-18-7-3-5-15(19)10-18/h14-15,17,19H,3-13H2,1-2H3. The molecule has 0 saturated carbocycles. The molecule has 0 aromatic rings. The van der Waals surface area contributed by atoms with Gasteiger partial charge in [0.25, 0.3) is 0 Å². The highest BCUT2D eigenvalue weighted by atomic mass is 16.5. The Labute approximate surface area is 123 Å². The average Bonchev–Trinajstić information content (AvgIpc) is 2.39. The maximum atomic E-state index is 9.85. The summed E-state index contributed by atoms with van der Waals surface area (Å²) in [4.78, 5) is 2.44. The number of piperidine rings is 1. The SMILES string of the molecule is CC(C)CNCC1(CN2CCCC(O)C2)CCCOC1. The minimum Gasteiger partial charge on any atom is -0.392 e. The Balaban J connectivity index is 1.88. The fraction of sp³-hybridized carbons (Fsp3) is 1.00. The molecule has 2 atom stereocenters. The number of nitrogens with zero attached hydrogens (tertiary/aromatic N) is 1. The van der Waals surface area contributed by atoms with E-state index >= 15 is 0 Å². The van der Waals surface area contributed by atoms with Gasteiger partial charge in [-0.25, -0.2) is 0 Å². The van der Waals surface area contributed by atoms with Crippen LogP contribution in [0.4, 0.5) is 0 Å². The number of aliphatic hydroxyl groups excluding tert-OH is 1. The Bertz CT molecular complexity index is 278. The van der Waals surface area contributed by atoms with Crippen molar-refractivity contribution in [1.82, 2.24) is 10.2 Å². The van der Waals surface area contributed by atoms with Gasteiger partial charge in [0.05, 0.1) is 12.7 Å². The second-order valence-corrected chi connectivity index (χ2v) is 7.21. The number of nitrogens with one attached hydrogen (secondary N) is 1. The summed E-state index contributed by atoms with van der Waals surface area (Å²) < 4.78 is 5.78. The van der Waals surface area contributed by atoms with Crippen LogP contribution in [-0.2, 0) is 4.74 Å². The predicted octanol–water partition coefficient (Wildman–Crippen LogP) is 1.49. The van der Waals surface area contributed by atoms with Gasteiger partial charge in [0.15, 0.2) is 0 Å². The van der Waals surface area contributed by atoms with Crippen LogP contribution in [0.15, 0.2) is 0 Å². The highest BCUT2D eigenvalue weighted by Crippen LogP contribution is 2.30. The van der Waals surface area contributed by atoms with E-state index in [0.717, 1.165) is 58.8 Å². The zero-order chi connectivity index (χ0) is 14.4. The van der Waals surface area contributed by atoms with Crippen LogP contribution in [0.1, 0.15) is 39.5 Å². The number of hydrogen-bond donors (Lipinski definition) is 2. The third kappa shape index (κ3) is 4.99. The first-order valence-corrected chi connectivity index (χ1v) is 8.28. The van der Waals surface area contributed by atoms with Crippen LogP contribution >= 0.6 is 0 Å². The third-order valence-corrected chi connectivity index (χ3v) is 4.50. The van der Waals surface area contributed by atoms with Gasteiger partial charge in [-0.1, -0.05) is 13.8 Å². The Hall–Kier alpha value is -0.160. The molecule has 0 amide bonds. The van der Waals surface area contributed by atoms with Crippen LogP contribution < -0.4 is 5.32 Å². The van der Waals surface area contributed by atoms with E-state index in [9.17, 15) is 5.11 Å². The molecule has 0 radical (unpaired) electrons. The second kappa shape index (κ2) is 7.74. The monoisotopic (exact) mass is 284 g/mol. The van der Waals surface area contributed by atoms with E-state index in [0.29, 0.717) is 5.92 Å². The molecule has 2 aliphatic heterocycles. The van der Waals surface area contributed by atoms with E-state index in [1.807, 2.05) is 0 Å². The number of ether oxygens (including phenoxy) is 1. The van der Waals surface area contributed by atoms with Crippen molar-refractivity contribution < 1.29 is 9.84 Å². The van der Waals surface area contributed by atoms with Crippen molar-refractivity contribution in [2.24, 2.45) is 11.3 Å². The molecule has 2 heterocycles. The van der Waals surface area contributed by atoms with Crippen LogP contribution in [-0.4, -0.2) is 62.0 Å². The molecule has 4 heteroatoms. The van der Waals surface area contributed by atoms with Crippen LogP contribution in [0.2, 0.25) is 0 Å². The molecule has 0 aromatic heterocycles. The van der Waals surface area contributed by atoms with E-state index in [-0.39, 0.29) is 11.5 Å². The van der Waals surface area contributed by atoms with E-state index in [1.54, 1.807) is 0 Å². The molecule has 2 aliphatic rings. The Kier molecular flexibility index (Phi) is 6.27. The van der Waals surface area contributed by atoms with Crippen molar-refractivity contribution in [2.45, 2.75) is 45.6 Å². The van der Waals surface area contributed by atoms with Crippen molar-refractivity contribution in [2.75, 3.05) is 45.9 Å². The zero-order valence-electron chi connectivity index (χ0n) is 13.2. The van der Waals surface area contributed by atoms with E-state index < -0.39 is 0 Å². The molecule has 118 valence electrons. The van der Waals surface area contributed by atoms with Gasteiger partial charge in [0.2, 0.25) is 0 Å². The third-order valence-electron chi connectivity index (χ3n) is 4.50. The molecule has 4 nitrogen and oxygen atoms in total. The lowest BCUT2D eigenvalue weighted by Crippen LogP contribution is -2.52. The smallest absolute Gasteiger partial charge is 0.0667 e. The summed E-state index contributed by atoms with van der Waals surface area (Å²) >= 11 is 0. The first kappa shape index (κ1) is 16.2. The summed E-state index contributed by atoms with van der Waals surface area (Å²) in [5.41, 5.74) is 0.240. The van der Waals surface area contributed by atoms with Crippen LogP contribution in [0, 0.1) is 11.3 Å². The van der Waals surface area contributed by atoms with Gasteiger partial charge in [0.1, 0.15) is 0 Å². The molecule has 0 aromatic carbocycles. The summed E-state index contributed by atoms with van der Waals surface area (Å²) in [6.07, 6.45) is 4.36. The number of likely N-dealkylation sites (tertiary alicyclic amines) is 1. The Morgan fingerprint density at radius 2 is 2.25 bits per heavy atom. The Morgan fingerprint density at radius 3 is 2.90 bits per heavy atom. The molecule has 20 heavy (non-hydrogen) atoms. The molecule has 2 fully saturated rings. The molecule has 2 N–H and O–H groups in total. The lowest BCUT2D eigenvalue weighted by molar-refractivity contribution is -0.0389. The first-order chi connectivity index (χ1) is 9.60. The molecule has 0 bridgehead atoms.